The number of amides is 1. The molecule has 0 radical (unpaired) electrons. The summed E-state index contributed by atoms with van der Waals surface area (Å²) in [5.74, 6) is 0.466. The number of hydrogen-bond donors (Lipinski definition) is 0. The first-order chi connectivity index (χ1) is 17.8. The fraction of sp³-hybridized carbons (Fsp3) is 0.200. The molecular formula is C30H29Cl3N2O3. The molecule has 1 aliphatic rings. The van der Waals surface area contributed by atoms with Crippen molar-refractivity contribution in [1.29, 1.82) is 0 Å². The quantitative estimate of drug-likeness (QED) is 0.302. The summed E-state index contributed by atoms with van der Waals surface area (Å²) in [7, 11) is 3.97. The van der Waals surface area contributed by atoms with Gasteiger partial charge >= 0.3 is 0 Å². The molecule has 1 aliphatic heterocycles. The van der Waals surface area contributed by atoms with E-state index >= 15 is 0 Å². The molecule has 4 rings (SSSR count). The third-order valence-corrected chi connectivity index (χ3v) is 6.43. The average molecular weight is 572 g/mol. The second-order valence-corrected chi connectivity index (χ2v) is 9.98. The second kappa shape index (κ2) is 13.6. The van der Waals surface area contributed by atoms with Crippen LogP contribution in [0.1, 0.15) is 21.5 Å². The molecule has 1 saturated heterocycles. The number of ether oxygens (including phenoxy) is 1. The number of Topliss-reactive ketones (excluding diaryl/α,β-unsaturated/α-hetero) is 1. The Morgan fingerprint density at radius 2 is 1.32 bits per heavy atom. The van der Waals surface area contributed by atoms with Crippen molar-refractivity contribution in [2.24, 2.45) is 0 Å². The lowest BCUT2D eigenvalue weighted by molar-refractivity contribution is -0.113. The number of hydrogen-bond acceptors (Lipinski definition) is 4. The number of ketones is 1. The average Bonchev–Trinajstić information content (AvgIpc) is 2.88. The summed E-state index contributed by atoms with van der Waals surface area (Å²) in [6, 6.07) is 21.6. The molecular weight excluding hydrogens is 543 g/mol. The van der Waals surface area contributed by atoms with E-state index in [9.17, 15) is 9.59 Å². The third kappa shape index (κ3) is 7.95. The van der Waals surface area contributed by atoms with E-state index in [-0.39, 0.29) is 37.2 Å². The summed E-state index contributed by atoms with van der Waals surface area (Å²) >= 11 is 12.0. The number of rotatable bonds is 7. The fourth-order valence-corrected chi connectivity index (χ4v) is 4.18. The lowest BCUT2D eigenvalue weighted by Gasteiger charge is -2.30. The van der Waals surface area contributed by atoms with Crippen LogP contribution in [0.5, 0.6) is 5.75 Å². The summed E-state index contributed by atoms with van der Waals surface area (Å²) in [6.45, 7) is 1.78. The van der Waals surface area contributed by atoms with Crippen LogP contribution in [0.3, 0.4) is 0 Å². The highest BCUT2D eigenvalue weighted by Crippen LogP contribution is 2.25. The molecule has 198 valence electrons. The van der Waals surface area contributed by atoms with Crippen molar-refractivity contribution < 1.29 is 14.3 Å². The number of piperidine rings is 1. The van der Waals surface area contributed by atoms with Crippen LogP contribution in [-0.4, -0.2) is 61.8 Å². The predicted molar refractivity (Wildman–Crippen MR) is 158 cm³/mol. The first-order valence-electron chi connectivity index (χ1n) is 11.9. The topological polar surface area (TPSA) is 49.9 Å². The van der Waals surface area contributed by atoms with E-state index in [1.54, 1.807) is 53.4 Å². The van der Waals surface area contributed by atoms with Gasteiger partial charge in [-0.05, 0) is 85.9 Å². The number of benzene rings is 3. The monoisotopic (exact) mass is 570 g/mol. The van der Waals surface area contributed by atoms with Gasteiger partial charge < -0.3 is 14.5 Å². The van der Waals surface area contributed by atoms with Gasteiger partial charge in [0.25, 0.3) is 5.91 Å². The summed E-state index contributed by atoms with van der Waals surface area (Å²) < 4.78 is 5.75. The lowest BCUT2D eigenvalue weighted by atomic mass is 9.93. The van der Waals surface area contributed by atoms with E-state index in [0.29, 0.717) is 39.1 Å². The minimum Gasteiger partial charge on any atom is -0.492 e. The van der Waals surface area contributed by atoms with Gasteiger partial charge in [0.1, 0.15) is 12.4 Å². The maximum absolute atomic E-state index is 13.5. The second-order valence-electron chi connectivity index (χ2n) is 9.11. The molecule has 0 aliphatic carbocycles. The van der Waals surface area contributed by atoms with Gasteiger partial charge in [0, 0.05) is 33.3 Å². The standard InChI is InChI=1S/C30H28Cl2N2O3.ClH/c1-33(2)15-16-37-28-13-7-23(8-14-28)30(36)34-19-24(17-21-3-9-26(31)10-4-21)29(35)25(20-34)18-22-5-11-27(32)12-6-22;/h3-14,17-18H,15-16,19-20H2,1-2H3;1H/b24-17+,25-18+;. The van der Waals surface area contributed by atoms with Gasteiger partial charge in [-0.3, -0.25) is 9.59 Å². The highest BCUT2D eigenvalue weighted by molar-refractivity contribution is 6.31. The number of carbonyl (C=O) groups is 2. The van der Waals surface area contributed by atoms with E-state index in [1.807, 2.05) is 55.4 Å². The zero-order valence-corrected chi connectivity index (χ0v) is 23.5. The van der Waals surface area contributed by atoms with Crippen LogP contribution in [0.25, 0.3) is 12.2 Å². The molecule has 3 aromatic rings. The van der Waals surface area contributed by atoms with E-state index in [4.69, 9.17) is 27.9 Å². The van der Waals surface area contributed by atoms with Gasteiger partial charge in [-0.15, -0.1) is 12.4 Å². The Morgan fingerprint density at radius 3 is 1.76 bits per heavy atom. The summed E-state index contributed by atoms with van der Waals surface area (Å²) in [5.41, 5.74) is 3.28. The Kier molecular flexibility index (Phi) is 10.6. The molecule has 3 aromatic carbocycles. The minimum absolute atomic E-state index is 0. The maximum atomic E-state index is 13.5. The number of nitrogens with zero attached hydrogens (tertiary/aromatic N) is 2. The number of carbonyl (C=O) groups excluding carboxylic acids is 2. The Bertz CT molecular complexity index is 1250. The Balaban J connectivity index is 0.00000400. The van der Waals surface area contributed by atoms with Crippen LogP contribution >= 0.6 is 35.6 Å². The fourth-order valence-electron chi connectivity index (χ4n) is 3.93. The van der Waals surface area contributed by atoms with Crippen molar-refractivity contribution in [3.05, 3.63) is 111 Å². The molecule has 1 fully saturated rings. The molecule has 5 nitrogen and oxygen atoms in total. The van der Waals surface area contributed by atoms with E-state index in [0.717, 1.165) is 17.7 Å². The molecule has 0 aromatic heterocycles. The van der Waals surface area contributed by atoms with Crippen LogP contribution in [0, 0.1) is 0 Å². The van der Waals surface area contributed by atoms with Crippen molar-refractivity contribution in [3.8, 4) is 5.75 Å². The molecule has 0 bridgehead atoms. The summed E-state index contributed by atoms with van der Waals surface area (Å²) in [4.78, 5) is 30.6. The Labute approximate surface area is 239 Å². The normalized spacial score (nSPS) is 15.6. The number of halogens is 3. The van der Waals surface area contributed by atoms with E-state index in [2.05, 4.69) is 0 Å². The lowest BCUT2D eigenvalue weighted by Crippen LogP contribution is -2.41. The smallest absolute Gasteiger partial charge is 0.254 e. The van der Waals surface area contributed by atoms with Gasteiger partial charge in [0.15, 0.2) is 5.78 Å². The van der Waals surface area contributed by atoms with Gasteiger partial charge in [-0.2, -0.15) is 0 Å². The van der Waals surface area contributed by atoms with Gasteiger partial charge in [0.05, 0.1) is 13.1 Å². The summed E-state index contributed by atoms with van der Waals surface area (Å²) in [5, 5.41) is 1.23. The van der Waals surface area contributed by atoms with Crippen molar-refractivity contribution in [2.45, 2.75) is 0 Å². The number of likely N-dealkylation sites (N-methyl/N-ethyl adjacent to an activating group) is 1. The molecule has 0 unspecified atom stereocenters. The first kappa shape index (κ1) is 29.5. The van der Waals surface area contributed by atoms with Crippen molar-refractivity contribution in [2.75, 3.05) is 40.3 Å². The minimum atomic E-state index is -0.156. The largest absolute Gasteiger partial charge is 0.492 e. The SMILES string of the molecule is CN(C)CCOc1ccc(C(=O)N2C/C(=C\c3ccc(Cl)cc3)C(=O)/C(=C/c3ccc(Cl)cc3)C2)cc1.Cl. The molecule has 0 spiro atoms. The van der Waals surface area contributed by atoms with Crippen LogP contribution in [0.2, 0.25) is 10.0 Å². The van der Waals surface area contributed by atoms with Gasteiger partial charge in [-0.1, -0.05) is 47.5 Å². The Hall–Kier alpha value is -3.09. The third-order valence-electron chi connectivity index (χ3n) is 5.92. The van der Waals surface area contributed by atoms with E-state index in [1.165, 1.54) is 0 Å². The van der Waals surface area contributed by atoms with Crippen LogP contribution in [0.15, 0.2) is 83.9 Å². The molecule has 8 heteroatoms. The highest BCUT2D eigenvalue weighted by atomic mass is 35.5. The first-order valence-corrected chi connectivity index (χ1v) is 12.7. The predicted octanol–water partition coefficient (Wildman–Crippen LogP) is 6.55. The van der Waals surface area contributed by atoms with E-state index < -0.39 is 0 Å². The van der Waals surface area contributed by atoms with Crippen LogP contribution in [0.4, 0.5) is 0 Å². The van der Waals surface area contributed by atoms with Gasteiger partial charge in [-0.25, -0.2) is 0 Å². The van der Waals surface area contributed by atoms with Crippen molar-refractivity contribution in [3.63, 3.8) is 0 Å². The van der Waals surface area contributed by atoms with Gasteiger partial charge in [0.2, 0.25) is 0 Å². The van der Waals surface area contributed by atoms with Crippen LogP contribution in [-0.2, 0) is 4.79 Å². The maximum Gasteiger partial charge on any atom is 0.254 e. The zero-order valence-electron chi connectivity index (χ0n) is 21.2. The molecule has 38 heavy (non-hydrogen) atoms. The Morgan fingerprint density at radius 1 is 0.842 bits per heavy atom. The molecule has 0 atom stereocenters. The number of likely N-dealkylation sites (tertiary alicyclic amines) is 1. The molecule has 1 amide bonds. The molecule has 0 N–H and O–H groups in total. The van der Waals surface area contributed by atoms with Crippen molar-refractivity contribution in [1.82, 2.24) is 9.80 Å². The highest BCUT2D eigenvalue weighted by Gasteiger charge is 2.29. The van der Waals surface area contributed by atoms with Crippen molar-refractivity contribution >= 4 is 59.5 Å². The zero-order chi connectivity index (χ0) is 26.4. The molecule has 0 saturated carbocycles. The summed E-state index contributed by atoms with van der Waals surface area (Å²) in [6.07, 6.45) is 3.63. The molecule has 1 heterocycles. The van der Waals surface area contributed by atoms with Crippen LogP contribution < -0.4 is 4.74 Å².